The van der Waals surface area contributed by atoms with Crippen molar-refractivity contribution in [1.29, 1.82) is 0 Å². The van der Waals surface area contributed by atoms with E-state index in [1.165, 1.54) is 17.3 Å². The molecule has 3 rings (SSSR count). The number of rotatable bonds is 3. The largest absolute Gasteiger partial charge is 0.466 e. The lowest BCUT2D eigenvalue weighted by Gasteiger charge is -2.30. The molecule has 8 nitrogen and oxygen atoms in total. The van der Waals surface area contributed by atoms with Crippen LogP contribution in [0.2, 0.25) is 5.02 Å². The molecule has 0 spiro atoms. The number of oxime groups is 1. The molecule has 1 aromatic heterocycles. The molecule has 130 valence electrons. The van der Waals surface area contributed by atoms with Gasteiger partial charge in [0.1, 0.15) is 0 Å². The van der Waals surface area contributed by atoms with Gasteiger partial charge in [0.2, 0.25) is 0 Å². The number of amides is 1. The molecule has 0 saturated carbocycles. The molecule has 1 N–H and O–H groups in total. The quantitative estimate of drug-likeness (QED) is 0.645. The van der Waals surface area contributed by atoms with Crippen molar-refractivity contribution in [3.8, 4) is 0 Å². The summed E-state index contributed by atoms with van der Waals surface area (Å²) >= 11 is 6.04. The average Bonchev–Trinajstić information content (AvgIpc) is 2.59. The molecule has 2 heterocycles. The van der Waals surface area contributed by atoms with Crippen LogP contribution in [-0.4, -0.2) is 36.1 Å². The fourth-order valence-electron chi connectivity index (χ4n) is 2.49. The molecule has 10 heteroatoms. The fourth-order valence-corrected chi connectivity index (χ4v) is 2.84. The van der Waals surface area contributed by atoms with Crippen LogP contribution in [0.3, 0.4) is 0 Å². The van der Waals surface area contributed by atoms with Crippen LogP contribution in [-0.2, 0) is 14.7 Å². The summed E-state index contributed by atoms with van der Waals surface area (Å²) in [7, 11) is -4.71. The van der Waals surface area contributed by atoms with Crippen LogP contribution in [0.1, 0.15) is 22.3 Å². The van der Waals surface area contributed by atoms with Crippen LogP contribution < -0.4 is 4.90 Å². The first-order valence-electron chi connectivity index (χ1n) is 7.10. The highest BCUT2D eigenvalue weighted by atomic mass is 35.5. The van der Waals surface area contributed by atoms with Gasteiger partial charge in [0, 0.05) is 41.5 Å². The Bertz CT molecular complexity index is 947. The normalized spacial score (nSPS) is 15.8. The number of hydrogen-bond acceptors (Lipinski definition) is 6. The molecule has 2 aromatic rings. The van der Waals surface area contributed by atoms with Crippen molar-refractivity contribution < 1.29 is 22.0 Å². The second-order valence-electron chi connectivity index (χ2n) is 5.14. The Morgan fingerprint density at radius 2 is 2.00 bits per heavy atom. The smallest absolute Gasteiger partial charge is 0.307 e. The van der Waals surface area contributed by atoms with Crippen LogP contribution in [0.5, 0.6) is 0 Å². The highest BCUT2D eigenvalue weighted by Gasteiger charge is 2.28. The van der Waals surface area contributed by atoms with Gasteiger partial charge in [0.05, 0.1) is 11.4 Å². The number of fused-ring (bicyclic) bond motifs is 1. The molecule has 1 aliphatic heterocycles. The van der Waals surface area contributed by atoms with E-state index in [4.69, 9.17) is 16.2 Å². The number of nitrogens with zero attached hydrogens (tertiary/aromatic N) is 3. The summed E-state index contributed by atoms with van der Waals surface area (Å²) in [5, 5.41) is 3.89. The molecule has 0 unspecified atom stereocenters. The average molecular weight is 382 g/mol. The maximum absolute atomic E-state index is 12.7. The molecule has 1 amide bonds. The molecular formula is C15H12ClN3O5S. The Morgan fingerprint density at radius 1 is 1.28 bits per heavy atom. The van der Waals surface area contributed by atoms with E-state index in [-0.39, 0.29) is 24.6 Å². The third kappa shape index (κ3) is 3.95. The van der Waals surface area contributed by atoms with Crippen molar-refractivity contribution in [2.24, 2.45) is 5.16 Å². The Labute approximate surface area is 148 Å². The lowest BCUT2D eigenvalue weighted by atomic mass is 9.99. The predicted molar refractivity (Wildman–Crippen MR) is 91.2 cm³/mol. The molecule has 1 aromatic carbocycles. The third-order valence-corrected chi connectivity index (χ3v) is 4.05. The molecule has 0 bridgehead atoms. The minimum atomic E-state index is -4.71. The zero-order chi connectivity index (χ0) is 18.0. The van der Waals surface area contributed by atoms with Crippen molar-refractivity contribution in [1.82, 2.24) is 4.98 Å². The zero-order valence-corrected chi connectivity index (χ0v) is 14.2. The number of hydrogen-bond donors (Lipinski definition) is 1. The van der Waals surface area contributed by atoms with Crippen LogP contribution in [0, 0.1) is 0 Å². The van der Waals surface area contributed by atoms with E-state index in [0.29, 0.717) is 21.8 Å². The Balaban J connectivity index is 2.01. The summed E-state index contributed by atoms with van der Waals surface area (Å²) < 4.78 is 34.3. The Kier molecular flexibility index (Phi) is 4.71. The van der Waals surface area contributed by atoms with Gasteiger partial charge in [-0.25, -0.2) is 4.28 Å². The van der Waals surface area contributed by atoms with Gasteiger partial charge in [-0.1, -0.05) is 16.8 Å². The Morgan fingerprint density at radius 3 is 2.68 bits per heavy atom. The minimum Gasteiger partial charge on any atom is -0.307 e. The van der Waals surface area contributed by atoms with Crippen molar-refractivity contribution in [3.05, 3.63) is 58.9 Å². The maximum atomic E-state index is 12.7. The highest BCUT2D eigenvalue weighted by Crippen LogP contribution is 2.31. The van der Waals surface area contributed by atoms with E-state index in [2.05, 4.69) is 14.4 Å². The van der Waals surface area contributed by atoms with Crippen molar-refractivity contribution in [3.63, 3.8) is 0 Å². The van der Waals surface area contributed by atoms with Gasteiger partial charge in [-0.05, 0) is 30.3 Å². The van der Waals surface area contributed by atoms with E-state index in [1.807, 2.05) is 0 Å². The summed E-state index contributed by atoms with van der Waals surface area (Å²) in [6, 6.07) is 7.97. The van der Waals surface area contributed by atoms with E-state index in [9.17, 15) is 13.2 Å². The van der Waals surface area contributed by atoms with Gasteiger partial charge in [0.25, 0.3) is 5.91 Å². The molecule has 0 aliphatic carbocycles. The van der Waals surface area contributed by atoms with Gasteiger partial charge in [-0.3, -0.25) is 14.3 Å². The summed E-state index contributed by atoms with van der Waals surface area (Å²) in [6.45, 7) is 0.238. The van der Waals surface area contributed by atoms with Crippen molar-refractivity contribution in [2.75, 3.05) is 11.4 Å². The number of halogens is 1. The van der Waals surface area contributed by atoms with Gasteiger partial charge in [-0.15, -0.1) is 0 Å². The van der Waals surface area contributed by atoms with Crippen molar-refractivity contribution >= 4 is 39.3 Å². The molecule has 25 heavy (non-hydrogen) atoms. The summed E-state index contributed by atoms with van der Waals surface area (Å²) in [5.41, 5.74) is 1.69. The van der Waals surface area contributed by atoms with Gasteiger partial charge < -0.3 is 4.90 Å². The van der Waals surface area contributed by atoms with E-state index < -0.39 is 10.4 Å². The molecule has 1 aliphatic rings. The van der Waals surface area contributed by atoms with Crippen molar-refractivity contribution in [2.45, 2.75) is 6.42 Å². The molecule has 0 radical (unpaired) electrons. The predicted octanol–water partition coefficient (Wildman–Crippen LogP) is 2.31. The topological polar surface area (TPSA) is 109 Å². The van der Waals surface area contributed by atoms with Crippen LogP contribution in [0.4, 0.5) is 5.69 Å². The first-order valence-corrected chi connectivity index (χ1v) is 8.84. The van der Waals surface area contributed by atoms with Crippen LogP contribution >= 0.6 is 11.6 Å². The summed E-state index contributed by atoms with van der Waals surface area (Å²) in [5.74, 6) is -0.249. The number of carbonyl (C=O) groups is 1. The van der Waals surface area contributed by atoms with E-state index in [1.54, 1.807) is 30.3 Å². The second-order valence-corrected chi connectivity index (χ2v) is 6.59. The zero-order valence-electron chi connectivity index (χ0n) is 12.7. The minimum absolute atomic E-state index is 0.237. The van der Waals surface area contributed by atoms with Gasteiger partial charge in [0.15, 0.2) is 0 Å². The monoisotopic (exact) mass is 381 g/mol. The van der Waals surface area contributed by atoms with Gasteiger partial charge >= 0.3 is 10.4 Å². The van der Waals surface area contributed by atoms with Gasteiger partial charge in [-0.2, -0.15) is 8.42 Å². The molecule has 0 atom stereocenters. The molecule has 0 fully saturated rings. The molecule has 0 saturated heterocycles. The molecular weight excluding hydrogens is 370 g/mol. The number of benzene rings is 1. The number of anilines is 1. The van der Waals surface area contributed by atoms with E-state index in [0.717, 1.165) is 0 Å². The third-order valence-electron chi connectivity index (χ3n) is 3.55. The highest BCUT2D eigenvalue weighted by molar-refractivity contribution is 7.80. The lowest BCUT2D eigenvalue weighted by molar-refractivity contribution is 0.0986. The van der Waals surface area contributed by atoms with Crippen LogP contribution in [0.15, 0.2) is 47.9 Å². The lowest BCUT2D eigenvalue weighted by Crippen LogP contribution is -2.37. The fraction of sp³-hybridized carbons (Fsp3) is 0.133. The first-order chi connectivity index (χ1) is 11.8. The SMILES string of the molecule is O=C(c1ccncc1)N1CC/C(=N/OS(=O)(=O)O)c2ccc(Cl)cc21. The standard InChI is InChI=1S/C15H12ClN3O5S/c16-11-1-2-12-13(18-24-25(21,22)23)5-8-19(14(12)9-11)15(20)10-3-6-17-7-4-10/h1-4,6-7,9H,5,8H2,(H,21,22,23)/b18-13-. The Hall–Kier alpha value is -2.49. The van der Waals surface area contributed by atoms with Crippen LogP contribution in [0.25, 0.3) is 0 Å². The number of aromatic nitrogens is 1. The number of pyridine rings is 1. The summed E-state index contributed by atoms with van der Waals surface area (Å²) in [4.78, 5) is 18.1. The first kappa shape index (κ1) is 17.3. The second kappa shape index (κ2) is 6.79. The maximum Gasteiger partial charge on any atom is 0.466 e. The number of carbonyl (C=O) groups excluding carboxylic acids is 1. The summed E-state index contributed by atoms with van der Waals surface area (Å²) in [6.07, 6.45) is 3.27. The van der Waals surface area contributed by atoms with E-state index >= 15 is 0 Å².